The predicted octanol–water partition coefficient (Wildman–Crippen LogP) is 4.41. The first-order valence-electron chi connectivity index (χ1n) is 6.15. The molecule has 0 fully saturated rings. The van der Waals surface area contributed by atoms with Crippen LogP contribution in [0.15, 0.2) is 42.5 Å². The van der Waals surface area contributed by atoms with Crippen molar-refractivity contribution in [2.45, 2.75) is 12.5 Å². The van der Waals surface area contributed by atoms with E-state index in [2.05, 4.69) is 5.32 Å². The molecule has 2 aromatic carbocycles. The molecule has 0 amide bonds. The standard InChI is InChI=1S/C15H13Cl2NO/c16-11-1-4-13(5-2-11)18-9-14-8-10-7-12(17)3-6-15(10)19-14/h1-7,14,18H,8-9H2. The van der Waals surface area contributed by atoms with Crippen molar-refractivity contribution in [2.24, 2.45) is 0 Å². The summed E-state index contributed by atoms with van der Waals surface area (Å²) in [6.07, 6.45) is 1.03. The molecule has 0 bridgehead atoms. The van der Waals surface area contributed by atoms with Gasteiger partial charge in [-0.15, -0.1) is 0 Å². The van der Waals surface area contributed by atoms with Gasteiger partial charge in [-0.05, 0) is 48.0 Å². The van der Waals surface area contributed by atoms with Crippen LogP contribution in [-0.2, 0) is 6.42 Å². The van der Waals surface area contributed by atoms with Crippen molar-refractivity contribution in [3.63, 3.8) is 0 Å². The molecule has 2 nitrogen and oxygen atoms in total. The highest BCUT2D eigenvalue weighted by molar-refractivity contribution is 6.30. The van der Waals surface area contributed by atoms with Gasteiger partial charge >= 0.3 is 0 Å². The van der Waals surface area contributed by atoms with Crippen molar-refractivity contribution in [2.75, 3.05) is 11.9 Å². The lowest BCUT2D eigenvalue weighted by Crippen LogP contribution is -2.23. The molecule has 0 aromatic heterocycles. The third kappa shape index (κ3) is 2.96. The van der Waals surface area contributed by atoms with Gasteiger partial charge in [-0.25, -0.2) is 0 Å². The molecule has 1 N–H and O–H groups in total. The van der Waals surface area contributed by atoms with E-state index < -0.39 is 0 Å². The third-order valence-electron chi connectivity index (χ3n) is 3.14. The molecule has 4 heteroatoms. The van der Waals surface area contributed by atoms with Gasteiger partial charge < -0.3 is 10.1 Å². The van der Waals surface area contributed by atoms with Gasteiger partial charge in [0.05, 0.1) is 6.54 Å². The largest absolute Gasteiger partial charge is 0.488 e. The Morgan fingerprint density at radius 1 is 1.05 bits per heavy atom. The lowest BCUT2D eigenvalue weighted by molar-refractivity contribution is 0.246. The average Bonchev–Trinajstić information content (AvgIpc) is 2.80. The van der Waals surface area contributed by atoms with Gasteiger partial charge in [0.15, 0.2) is 0 Å². The van der Waals surface area contributed by atoms with Crippen molar-refractivity contribution in [1.29, 1.82) is 0 Å². The summed E-state index contributed by atoms with van der Waals surface area (Å²) in [6, 6.07) is 13.4. The molecule has 0 spiro atoms. The summed E-state index contributed by atoms with van der Waals surface area (Å²) in [4.78, 5) is 0. The minimum absolute atomic E-state index is 0.143. The number of benzene rings is 2. The first-order chi connectivity index (χ1) is 9.20. The van der Waals surface area contributed by atoms with Crippen LogP contribution in [0.1, 0.15) is 5.56 Å². The predicted molar refractivity (Wildman–Crippen MR) is 79.5 cm³/mol. The second kappa shape index (κ2) is 5.32. The normalized spacial score (nSPS) is 16.8. The van der Waals surface area contributed by atoms with Gasteiger partial charge in [-0.1, -0.05) is 23.2 Å². The number of fused-ring (bicyclic) bond motifs is 1. The Morgan fingerprint density at radius 2 is 1.79 bits per heavy atom. The molecule has 1 heterocycles. The maximum absolute atomic E-state index is 5.98. The molecule has 1 unspecified atom stereocenters. The summed E-state index contributed by atoms with van der Waals surface area (Å²) in [6.45, 7) is 0.758. The lowest BCUT2D eigenvalue weighted by atomic mass is 10.1. The fourth-order valence-electron chi connectivity index (χ4n) is 2.20. The number of nitrogens with one attached hydrogen (secondary N) is 1. The Kier molecular flexibility index (Phi) is 3.54. The molecule has 2 aromatic rings. The van der Waals surface area contributed by atoms with Crippen LogP contribution < -0.4 is 10.1 Å². The molecule has 19 heavy (non-hydrogen) atoms. The minimum Gasteiger partial charge on any atom is -0.488 e. The zero-order valence-electron chi connectivity index (χ0n) is 10.2. The summed E-state index contributed by atoms with van der Waals surface area (Å²) in [5, 5.41) is 4.85. The van der Waals surface area contributed by atoms with E-state index in [0.717, 1.165) is 34.4 Å². The molecular formula is C15H13Cl2NO. The summed E-state index contributed by atoms with van der Waals surface area (Å²) in [5.41, 5.74) is 2.22. The highest BCUT2D eigenvalue weighted by Crippen LogP contribution is 2.31. The van der Waals surface area contributed by atoms with Gasteiger partial charge in [0.2, 0.25) is 0 Å². The molecule has 98 valence electrons. The molecule has 1 atom stereocenters. The van der Waals surface area contributed by atoms with Crippen LogP contribution >= 0.6 is 23.2 Å². The molecule has 3 rings (SSSR count). The molecule has 1 aliphatic heterocycles. The van der Waals surface area contributed by atoms with Gasteiger partial charge in [0.1, 0.15) is 11.9 Å². The van der Waals surface area contributed by atoms with Crippen LogP contribution in [0, 0.1) is 0 Å². The monoisotopic (exact) mass is 293 g/mol. The van der Waals surface area contributed by atoms with Crippen molar-refractivity contribution in [1.82, 2.24) is 0 Å². The quantitative estimate of drug-likeness (QED) is 0.905. The molecule has 0 aliphatic carbocycles. The summed E-state index contributed by atoms with van der Waals surface area (Å²) in [5.74, 6) is 0.937. The fraction of sp³-hybridized carbons (Fsp3) is 0.200. The highest BCUT2D eigenvalue weighted by atomic mass is 35.5. The van der Waals surface area contributed by atoms with E-state index in [9.17, 15) is 0 Å². The number of rotatable bonds is 3. The van der Waals surface area contributed by atoms with Gasteiger partial charge in [0, 0.05) is 22.2 Å². The topological polar surface area (TPSA) is 21.3 Å². The van der Waals surface area contributed by atoms with Crippen molar-refractivity contribution in [3.05, 3.63) is 58.1 Å². The Labute approximate surface area is 122 Å². The SMILES string of the molecule is Clc1ccc(NCC2Cc3cc(Cl)ccc3O2)cc1. The number of ether oxygens (including phenoxy) is 1. The summed E-state index contributed by atoms with van der Waals surface area (Å²) in [7, 11) is 0. The Bertz CT molecular complexity index is 583. The van der Waals surface area contributed by atoms with Crippen molar-refractivity contribution < 1.29 is 4.74 Å². The third-order valence-corrected chi connectivity index (χ3v) is 3.63. The number of hydrogen-bond acceptors (Lipinski definition) is 2. The number of hydrogen-bond donors (Lipinski definition) is 1. The van der Waals surface area contributed by atoms with Crippen LogP contribution in [0.3, 0.4) is 0 Å². The molecule has 0 saturated carbocycles. The lowest BCUT2D eigenvalue weighted by Gasteiger charge is -2.12. The first-order valence-corrected chi connectivity index (χ1v) is 6.91. The van der Waals surface area contributed by atoms with Crippen molar-refractivity contribution in [3.8, 4) is 5.75 Å². The number of halogens is 2. The zero-order valence-corrected chi connectivity index (χ0v) is 11.7. The molecule has 1 aliphatic rings. The molecular weight excluding hydrogens is 281 g/mol. The van der Waals surface area contributed by atoms with Crippen molar-refractivity contribution >= 4 is 28.9 Å². The maximum Gasteiger partial charge on any atom is 0.123 e. The van der Waals surface area contributed by atoms with Gasteiger partial charge in [0.25, 0.3) is 0 Å². The van der Waals surface area contributed by atoms with E-state index in [1.807, 2.05) is 42.5 Å². The van der Waals surface area contributed by atoms with E-state index in [0.29, 0.717) is 0 Å². The fourth-order valence-corrected chi connectivity index (χ4v) is 2.52. The maximum atomic E-state index is 5.98. The van der Waals surface area contributed by atoms with Crippen LogP contribution in [0.25, 0.3) is 0 Å². The summed E-state index contributed by atoms with van der Waals surface area (Å²) >= 11 is 11.8. The second-order valence-corrected chi connectivity index (χ2v) is 5.46. The van der Waals surface area contributed by atoms with Crippen LogP contribution in [0.4, 0.5) is 5.69 Å². The first kappa shape index (κ1) is 12.6. The summed E-state index contributed by atoms with van der Waals surface area (Å²) < 4.78 is 5.86. The van der Waals surface area contributed by atoms with Crippen LogP contribution in [0.2, 0.25) is 10.0 Å². The van der Waals surface area contributed by atoms with E-state index >= 15 is 0 Å². The Balaban J connectivity index is 1.60. The zero-order chi connectivity index (χ0) is 13.2. The van der Waals surface area contributed by atoms with E-state index in [1.54, 1.807) is 0 Å². The van der Waals surface area contributed by atoms with E-state index in [-0.39, 0.29) is 6.10 Å². The van der Waals surface area contributed by atoms with Gasteiger partial charge in [-0.2, -0.15) is 0 Å². The smallest absolute Gasteiger partial charge is 0.123 e. The molecule has 0 radical (unpaired) electrons. The minimum atomic E-state index is 0.143. The van der Waals surface area contributed by atoms with Crippen LogP contribution in [0.5, 0.6) is 5.75 Å². The Hall–Kier alpha value is -1.38. The Morgan fingerprint density at radius 3 is 2.58 bits per heavy atom. The van der Waals surface area contributed by atoms with E-state index in [4.69, 9.17) is 27.9 Å². The average molecular weight is 294 g/mol. The van der Waals surface area contributed by atoms with E-state index in [1.165, 1.54) is 5.56 Å². The molecule has 0 saturated heterocycles. The second-order valence-electron chi connectivity index (χ2n) is 4.58. The number of anilines is 1. The highest BCUT2D eigenvalue weighted by Gasteiger charge is 2.22. The van der Waals surface area contributed by atoms with Gasteiger partial charge in [-0.3, -0.25) is 0 Å². The van der Waals surface area contributed by atoms with Crippen LogP contribution in [-0.4, -0.2) is 12.6 Å².